The largest absolute Gasteiger partial charge is 0.368 e. The van der Waals surface area contributed by atoms with Crippen LogP contribution in [0.15, 0.2) is 53.4 Å². The number of aryl methyl sites for hydroxylation is 2. The number of hydrogen-bond donors (Lipinski definition) is 0. The predicted octanol–water partition coefficient (Wildman–Crippen LogP) is 3.11. The molecule has 0 aliphatic carbocycles. The quantitative estimate of drug-likeness (QED) is 0.363. The zero-order valence-electron chi connectivity index (χ0n) is 19.9. The first kappa shape index (κ1) is 25.4. The van der Waals surface area contributed by atoms with Gasteiger partial charge in [0.15, 0.2) is 0 Å². The molecule has 9 heteroatoms. The maximum Gasteiger partial charge on any atom is 0.244 e. The highest BCUT2D eigenvalue weighted by atomic mass is 127. The van der Waals surface area contributed by atoms with E-state index < -0.39 is 16.1 Å². The predicted molar refractivity (Wildman–Crippen MR) is 144 cm³/mol. The van der Waals surface area contributed by atoms with Crippen molar-refractivity contribution in [2.45, 2.75) is 31.2 Å². The van der Waals surface area contributed by atoms with Gasteiger partial charge in [-0.3, -0.25) is 9.69 Å². The molecule has 0 N–H and O–H groups in total. The van der Waals surface area contributed by atoms with E-state index in [9.17, 15) is 13.2 Å². The second-order valence-corrected chi connectivity index (χ2v) is 12.1. The van der Waals surface area contributed by atoms with Crippen molar-refractivity contribution in [3.63, 3.8) is 0 Å². The number of halogens is 1. The Morgan fingerprint density at radius 2 is 1.74 bits per heavy atom. The number of anilines is 1. The molecule has 0 unspecified atom stereocenters. The molecule has 0 saturated carbocycles. The summed E-state index contributed by atoms with van der Waals surface area (Å²) in [6.07, 6.45) is 0.921. The third-order valence-electron chi connectivity index (χ3n) is 6.70. The molecule has 0 spiro atoms. The van der Waals surface area contributed by atoms with E-state index in [1.807, 2.05) is 9.80 Å². The number of nitrogens with zero attached hydrogens (tertiary/aromatic N) is 4. The van der Waals surface area contributed by atoms with Gasteiger partial charge in [-0.15, -0.1) is 0 Å². The lowest BCUT2D eigenvalue weighted by Crippen LogP contribution is -2.54. The minimum Gasteiger partial charge on any atom is -0.368 e. The molecule has 2 fully saturated rings. The second-order valence-electron chi connectivity index (χ2n) is 9.07. The first-order chi connectivity index (χ1) is 16.3. The molecule has 1 amide bonds. The van der Waals surface area contributed by atoms with Gasteiger partial charge in [-0.25, -0.2) is 8.42 Å². The molecule has 2 heterocycles. The van der Waals surface area contributed by atoms with Crippen molar-refractivity contribution < 1.29 is 13.2 Å². The number of piperazine rings is 1. The number of rotatable bonds is 7. The fraction of sp³-hybridized carbons (Fsp3) is 0.480. The molecular formula is C25H33IN4O3S. The molecule has 2 aliphatic rings. The molecule has 2 aromatic rings. The van der Waals surface area contributed by atoms with Gasteiger partial charge < -0.3 is 9.80 Å². The van der Waals surface area contributed by atoms with Crippen LogP contribution in [0.25, 0.3) is 0 Å². The lowest BCUT2D eigenvalue weighted by Gasteiger charge is -2.38. The van der Waals surface area contributed by atoms with E-state index >= 15 is 0 Å². The highest BCUT2D eigenvalue weighted by Gasteiger charge is 2.42. The summed E-state index contributed by atoms with van der Waals surface area (Å²) in [6, 6.07) is 14.5. The van der Waals surface area contributed by atoms with Crippen molar-refractivity contribution in [2.24, 2.45) is 0 Å². The zero-order valence-corrected chi connectivity index (χ0v) is 22.8. The Morgan fingerprint density at radius 1 is 1.03 bits per heavy atom. The molecule has 2 aromatic carbocycles. The Bertz CT molecular complexity index is 1100. The number of carbonyl (C=O) groups excluding carboxylic acids is 1. The Labute approximate surface area is 216 Å². The van der Waals surface area contributed by atoms with Crippen molar-refractivity contribution in [3.05, 3.63) is 59.7 Å². The third kappa shape index (κ3) is 5.42. The number of sulfonamides is 1. The van der Waals surface area contributed by atoms with Crippen molar-refractivity contribution in [1.29, 1.82) is 0 Å². The molecule has 0 bridgehead atoms. The SMILES string of the molecule is Cc1ccc(C)c(N2CCN(C(=O)[C@@H]3CN(S(=O)(=O)c4ccccc4)CN3CCCI)CC2)c1. The van der Waals surface area contributed by atoms with Gasteiger partial charge in [-0.1, -0.05) is 52.9 Å². The normalized spacial score (nSPS) is 20.1. The van der Waals surface area contributed by atoms with Crippen LogP contribution >= 0.6 is 22.6 Å². The summed E-state index contributed by atoms with van der Waals surface area (Å²) in [5.74, 6) is 0.0415. The monoisotopic (exact) mass is 596 g/mol. The Kier molecular flexibility index (Phi) is 8.16. The van der Waals surface area contributed by atoms with Gasteiger partial charge in [0.05, 0.1) is 11.6 Å². The molecule has 2 aliphatic heterocycles. The Morgan fingerprint density at radius 3 is 2.41 bits per heavy atom. The van der Waals surface area contributed by atoms with E-state index in [1.165, 1.54) is 21.1 Å². The van der Waals surface area contributed by atoms with Crippen LogP contribution in [0.5, 0.6) is 0 Å². The summed E-state index contributed by atoms with van der Waals surface area (Å²) in [5, 5.41) is 0. The summed E-state index contributed by atoms with van der Waals surface area (Å²) in [6.45, 7) is 8.25. The molecule has 0 aromatic heterocycles. The van der Waals surface area contributed by atoms with Gasteiger partial charge in [-0.05, 0) is 49.6 Å². The average Bonchev–Trinajstić information content (AvgIpc) is 3.29. The van der Waals surface area contributed by atoms with Crippen molar-refractivity contribution in [3.8, 4) is 0 Å². The van der Waals surface area contributed by atoms with E-state index in [4.69, 9.17) is 0 Å². The fourth-order valence-corrected chi connectivity index (χ4v) is 6.52. The molecule has 184 valence electrons. The van der Waals surface area contributed by atoms with Gasteiger partial charge >= 0.3 is 0 Å². The molecular weight excluding hydrogens is 563 g/mol. The molecule has 2 saturated heterocycles. The van der Waals surface area contributed by atoms with Gasteiger partial charge in [0, 0.05) is 49.4 Å². The molecule has 7 nitrogen and oxygen atoms in total. The first-order valence-electron chi connectivity index (χ1n) is 11.8. The molecule has 34 heavy (non-hydrogen) atoms. The fourth-order valence-electron chi connectivity index (χ4n) is 4.75. The van der Waals surface area contributed by atoms with Crippen LogP contribution in [0.3, 0.4) is 0 Å². The Hall–Kier alpha value is -1.69. The lowest BCUT2D eigenvalue weighted by molar-refractivity contribution is -0.135. The van der Waals surface area contributed by atoms with Crippen LogP contribution in [0, 0.1) is 13.8 Å². The van der Waals surface area contributed by atoms with Crippen LogP contribution in [-0.4, -0.2) is 84.8 Å². The van der Waals surface area contributed by atoms with Crippen molar-refractivity contribution in [1.82, 2.24) is 14.1 Å². The maximum atomic E-state index is 13.6. The first-order valence-corrected chi connectivity index (χ1v) is 14.7. The number of carbonyl (C=O) groups is 1. The lowest BCUT2D eigenvalue weighted by atomic mass is 10.1. The van der Waals surface area contributed by atoms with Crippen LogP contribution in [0.2, 0.25) is 0 Å². The maximum absolute atomic E-state index is 13.6. The smallest absolute Gasteiger partial charge is 0.244 e. The highest BCUT2D eigenvalue weighted by Crippen LogP contribution is 2.26. The third-order valence-corrected chi connectivity index (χ3v) is 9.27. The van der Waals surface area contributed by atoms with E-state index in [1.54, 1.807) is 30.3 Å². The minimum atomic E-state index is -3.64. The number of amides is 1. The van der Waals surface area contributed by atoms with Gasteiger partial charge in [-0.2, -0.15) is 4.31 Å². The zero-order chi connectivity index (χ0) is 24.3. The van der Waals surface area contributed by atoms with Gasteiger partial charge in [0.1, 0.15) is 6.04 Å². The standard InChI is InChI=1S/C25H33IN4O3S/c1-20-9-10-21(2)23(17-20)27-13-15-28(16-14-27)25(31)24-18-30(19-29(24)12-6-11-26)34(32,33)22-7-4-3-5-8-22/h3-5,7-10,17,24H,6,11-16,18-19H2,1-2H3/t24-/m0/s1. The van der Waals surface area contributed by atoms with E-state index in [-0.39, 0.29) is 24.0 Å². The summed E-state index contributed by atoms with van der Waals surface area (Å²) in [7, 11) is -3.64. The van der Waals surface area contributed by atoms with Crippen molar-refractivity contribution >= 4 is 44.2 Å². The van der Waals surface area contributed by atoms with Crippen LogP contribution < -0.4 is 4.90 Å². The highest BCUT2D eigenvalue weighted by molar-refractivity contribution is 14.1. The molecule has 4 rings (SSSR count). The molecule has 0 radical (unpaired) electrons. The molecule has 1 atom stereocenters. The topological polar surface area (TPSA) is 64.2 Å². The number of benzene rings is 2. The summed E-state index contributed by atoms with van der Waals surface area (Å²) < 4.78 is 28.9. The van der Waals surface area contributed by atoms with Crippen LogP contribution in [0.1, 0.15) is 17.5 Å². The van der Waals surface area contributed by atoms with E-state index in [2.05, 4.69) is 59.5 Å². The van der Waals surface area contributed by atoms with Crippen LogP contribution in [-0.2, 0) is 14.8 Å². The second kappa shape index (κ2) is 10.9. The Balaban J connectivity index is 1.46. The van der Waals surface area contributed by atoms with E-state index in [0.29, 0.717) is 19.6 Å². The minimum absolute atomic E-state index is 0.0415. The number of alkyl halides is 1. The van der Waals surface area contributed by atoms with Gasteiger partial charge in [0.2, 0.25) is 15.9 Å². The number of hydrogen-bond acceptors (Lipinski definition) is 5. The summed E-state index contributed by atoms with van der Waals surface area (Å²) in [5.41, 5.74) is 3.71. The van der Waals surface area contributed by atoms with E-state index in [0.717, 1.165) is 23.9 Å². The summed E-state index contributed by atoms with van der Waals surface area (Å²) >= 11 is 2.33. The van der Waals surface area contributed by atoms with Crippen molar-refractivity contribution in [2.75, 3.05) is 55.3 Å². The average molecular weight is 597 g/mol. The van der Waals surface area contributed by atoms with Crippen LogP contribution in [0.4, 0.5) is 5.69 Å². The summed E-state index contributed by atoms with van der Waals surface area (Å²) in [4.78, 5) is 20.2. The van der Waals surface area contributed by atoms with Gasteiger partial charge in [0.25, 0.3) is 0 Å².